The predicted octanol–water partition coefficient (Wildman–Crippen LogP) is 1.51. The van der Waals surface area contributed by atoms with E-state index in [4.69, 9.17) is 0 Å². The van der Waals surface area contributed by atoms with Gasteiger partial charge in [-0.1, -0.05) is 13.8 Å². The predicted molar refractivity (Wildman–Crippen MR) is 53.8 cm³/mol. The van der Waals surface area contributed by atoms with E-state index in [1.54, 1.807) is 0 Å². The molecule has 0 spiro atoms. The van der Waals surface area contributed by atoms with Gasteiger partial charge in [-0.25, -0.2) is 0 Å². The van der Waals surface area contributed by atoms with Crippen molar-refractivity contribution >= 4 is 23.5 Å². The van der Waals surface area contributed by atoms with E-state index in [1.807, 2.05) is 13.8 Å². The van der Waals surface area contributed by atoms with Crippen molar-refractivity contribution < 1.29 is 14.3 Å². The summed E-state index contributed by atoms with van der Waals surface area (Å²) in [6.45, 7) is 3.76. The van der Waals surface area contributed by atoms with Gasteiger partial charge in [-0.05, 0) is 0 Å². The zero-order valence-electron chi connectivity index (χ0n) is 8.33. The van der Waals surface area contributed by atoms with Crippen LogP contribution in [-0.2, 0) is 14.3 Å². The number of ether oxygens (including phenoxy) is 1. The molecule has 0 bridgehead atoms. The number of ketones is 1. The van der Waals surface area contributed by atoms with Gasteiger partial charge in [0.15, 0.2) is 0 Å². The summed E-state index contributed by atoms with van der Waals surface area (Å²) in [6, 6.07) is 0. The Balaban J connectivity index is 3.36. The molecular weight excluding hydrogens is 188 g/mol. The summed E-state index contributed by atoms with van der Waals surface area (Å²) >= 11 is 1.48. The molecule has 13 heavy (non-hydrogen) atoms. The van der Waals surface area contributed by atoms with Crippen molar-refractivity contribution in [1.82, 2.24) is 0 Å². The zero-order chi connectivity index (χ0) is 10.3. The molecule has 0 aromatic rings. The highest BCUT2D eigenvalue weighted by Gasteiger charge is 2.07. The van der Waals surface area contributed by atoms with Crippen LogP contribution in [0.1, 0.15) is 20.3 Å². The third-order valence-corrected chi connectivity index (χ3v) is 2.55. The fourth-order valence-electron chi connectivity index (χ4n) is 0.597. The third kappa shape index (κ3) is 6.63. The monoisotopic (exact) mass is 204 g/mol. The van der Waals surface area contributed by atoms with Crippen molar-refractivity contribution in [2.75, 3.05) is 18.6 Å². The van der Waals surface area contributed by atoms with Crippen LogP contribution in [0.2, 0.25) is 0 Å². The molecular formula is C9H16O3S. The minimum absolute atomic E-state index is 0.0885. The molecule has 0 unspecified atom stereocenters. The molecule has 3 nitrogen and oxygen atoms in total. The van der Waals surface area contributed by atoms with E-state index >= 15 is 0 Å². The van der Waals surface area contributed by atoms with Gasteiger partial charge < -0.3 is 4.74 Å². The Bertz CT molecular complexity index is 178. The first-order valence-electron chi connectivity index (χ1n) is 4.25. The fraction of sp³-hybridized carbons (Fsp3) is 0.778. The molecule has 0 radical (unpaired) electrons. The number of carbonyl (C=O) groups excluding carboxylic acids is 2. The molecule has 0 rings (SSSR count). The molecule has 0 amide bonds. The van der Waals surface area contributed by atoms with Gasteiger partial charge in [0.05, 0.1) is 19.3 Å². The Morgan fingerprint density at radius 2 is 2.00 bits per heavy atom. The first kappa shape index (κ1) is 12.5. The van der Waals surface area contributed by atoms with Crippen LogP contribution in [0.25, 0.3) is 0 Å². The molecule has 0 aliphatic rings. The fourth-order valence-corrected chi connectivity index (χ4v) is 1.59. The molecule has 4 heteroatoms. The van der Waals surface area contributed by atoms with Crippen molar-refractivity contribution in [3.63, 3.8) is 0 Å². The number of Topliss-reactive ketones (excluding diaryl/α,β-unsaturated/α-hetero) is 1. The summed E-state index contributed by atoms with van der Waals surface area (Å²) in [5.41, 5.74) is 0. The number of hydrogen-bond acceptors (Lipinski definition) is 4. The molecule has 0 N–H and O–H groups in total. The average molecular weight is 204 g/mol. The molecule has 0 saturated heterocycles. The van der Waals surface area contributed by atoms with Crippen LogP contribution in [0.4, 0.5) is 0 Å². The van der Waals surface area contributed by atoms with E-state index in [9.17, 15) is 9.59 Å². The quantitative estimate of drug-likeness (QED) is 0.486. The van der Waals surface area contributed by atoms with Crippen molar-refractivity contribution in [3.8, 4) is 0 Å². The first-order chi connectivity index (χ1) is 6.07. The van der Waals surface area contributed by atoms with Crippen LogP contribution in [-0.4, -0.2) is 30.4 Å². The summed E-state index contributed by atoms with van der Waals surface area (Å²) in [4.78, 5) is 21.8. The minimum atomic E-state index is -0.218. The van der Waals surface area contributed by atoms with Gasteiger partial charge >= 0.3 is 5.97 Å². The van der Waals surface area contributed by atoms with Crippen molar-refractivity contribution in [2.24, 2.45) is 5.92 Å². The van der Waals surface area contributed by atoms with E-state index in [0.29, 0.717) is 17.9 Å². The maximum Gasteiger partial charge on any atom is 0.306 e. The van der Waals surface area contributed by atoms with Crippen molar-refractivity contribution in [1.29, 1.82) is 0 Å². The normalized spacial score (nSPS) is 10.2. The minimum Gasteiger partial charge on any atom is -0.469 e. The van der Waals surface area contributed by atoms with Gasteiger partial charge in [-0.2, -0.15) is 11.8 Å². The van der Waals surface area contributed by atoms with Crippen LogP contribution in [0.5, 0.6) is 0 Å². The van der Waals surface area contributed by atoms with Crippen LogP contribution in [0.3, 0.4) is 0 Å². The Morgan fingerprint density at radius 3 is 2.46 bits per heavy atom. The topological polar surface area (TPSA) is 43.4 Å². The summed E-state index contributed by atoms with van der Waals surface area (Å²) in [7, 11) is 1.37. The Morgan fingerprint density at radius 1 is 1.38 bits per heavy atom. The summed E-state index contributed by atoms with van der Waals surface area (Å²) in [5.74, 6) is 1.25. The van der Waals surface area contributed by atoms with Gasteiger partial charge in [0, 0.05) is 11.7 Å². The number of hydrogen-bond donors (Lipinski definition) is 0. The van der Waals surface area contributed by atoms with Crippen LogP contribution in [0.15, 0.2) is 0 Å². The lowest BCUT2D eigenvalue weighted by Gasteiger charge is -2.02. The number of thioether (sulfide) groups is 1. The molecule has 0 aromatic heterocycles. The van der Waals surface area contributed by atoms with E-state index < -0.39 is 0 Å². The van der Waals surface area contributed by atoms with Crippen LogP contribution < -0.4 is 0 Å². The Hall–Kier alpha value is -0.510. The van der Waals surface area contributed by atoms with Crippen LogP contribution in [0, 0.1) is 5.92 Å². The maximum atomic E-state index is 11.1. The second kappa shape index (κ2) is 6.95. The summed E-state index contributed by atoms with van der Waals surface area (Å²) in [6.07, 6.45) is 0.381. The second-order valence-corrected chi connectivity index (χ2v) is 4.10. The number of carbonyl (C=O) groups is 2. The second-order valence-electron chi connectivity index (χ2n) is 3.00. The first-order valence-corrected chi connectivity index (χ1v) is 5.40. The number of methoxy groups -OCH3 is 1. The van der Waals surface area contributed by atoms with Gasteiger partial charge in [0.2, 0.25) is 0 Å². The standard InChI is InChI=1S/C9H16O3S/c1-7(2)8(10)6-13-5-4-9(11)12-3/h7H,4-6H2,1-3H3. The number of rotatable bonds is 6. The highest BCUT2D eigenvalue weighted by atomic mass is 32.2. The Labute approximate surface area is 83.2 Å². The van der Waals surface area contributed by atoms with E-state index in [-0.39, 0.29) is 17.7 Å². The molecule has 0 atom stereocenters. The van der Waals surface area contributed by atoms with Crippen molar-refractivity contribution in [3.05, 3.63) is 0 Å². The third-order valence-electron chi connectivity index (χ3n) is 1.57. The molecule has 0 saturated carbocycles. The molecule has 0 aromatic carbocycles. The van der Waals surface area contributed by atoms with Gasteiger partial charge in [0.25, 0.3) is 0 Å². The van der Waals surface area contributed by atoms with E-state index in [1.165, 1.54) is 18.9 Å². The van der Waals surface area contributed by atoms with E-state index in [2.05, 4.69) is 4.74 Å². The largest absolute Gasteiger partial charge is 0.469 e. The van der Waals surface area contributed by atoms with Crippen LogP contribution >= 0.6 is 11.8 Å². The number of esters is 1. The maximum absolute atomic E-state index is 11.1. The lowest BCUT2D eigenvalue weighted by Crippen LogP contribution is -2.10. The highest BCUT2D eigenvalue weighted by Crippen LogP contribution is 2.07. The highest BCUT2D eigenvalue weighted by molar-refractivity contribution is 7.99. The molecule has 0 aliphatic heterocycles. The Kier molecular flexibility index (Phi) is 6.68. The van der Waals surface area contributed by atoms with E-state index in [0.717, 1.165) is 0 Å². The summed E-state index contributed by atoms with van der Waals surface area (Å²) < 4.78 is 4.47. The van der Waals surface area contributed by atoms with Gasteiger partial charge in [-0.15, -0.1) is 0 Å². The molecule has 0 fully saturated rings. The van der Waals surface area contributed by atoms with Gasteiger partial charge in [-0.3, -0.25) is 9.59 Å². The van der Waals surface area contributed by atoms with Gasteiger partial charge in [0.1, 0.15) is 5.78 Å². The lowest BCUT2D eigenvalue weighted by molar-refractivity contribution is -0.140. The molecule has 0 heterocycles. The lowest BCUT2D eigenvalue weighted by atomic mass is 10.1. The SMILES string of the molecule is COC(=O)CCSCC(=O)C(C)C. The zero-order valence-corrected chi connectivity index (χ0v) is 9.15. The average Bonchev–Trinajstić information content (AvgIpc) is 2.11. The smallest absolute Gasteiger partial charge is 0.306 e. The molecule has 0 aliphatic carbocycles. The molecule has 76 valence electrons. The summed E-state index contributed by atoms with van der Waals surface area (Å²) in [5, 5.41) is 0. The van der Waals surface area contributed by atoms with Crippen molar-refractivity contribution in [2.45, 2.75) is 20.3 Å².